The van der Waals surface area contributed by atoms with Gasteiger partial charge in [-0.3, -0.25) is 0 Å². The molecule has 3 fully saturated rings. The number of ether oxygens (including phenoxy) is 1. The highest BCUT2D eigenvalue weighted by molar-refractivity contribution is 5.67. The summed E-state index contributed by atoms with van der Waals surface area (Å²) in [6.45, 7) is 8.10. The molecule has 0 aromatic heterocycles. The maximum atomic E-state index is 12.3. The maximum absolute atomic E-state index is 12.3. The van der Waals surface area contributed by atoms with Gasteiger partial charge in [0.25, 0.3) is 0 Å². The average Bonchev–Trinajstić information content (AvgIpc) is 3.13. The number of likely N-dealkylation sites (tertiary alicyclic amines) is 2. The van der Waals surface area contributed by atoms with Crippen molar-refractivity contribution in [3.8, 4) is 0 Å². The van der Waals surface area contributed by atoms with Crippen LogP contribution >= 0.6 is 0 Å². The molecule has 1 unspecified atom stereocenters. The van der Waals surface area contributed by atoms with Crippen molar-refractivity contribution in [1.29, 1.82) is 0 Å². The van der Waals surface area contributed by atoms with E-state index < -0.39 is 0 Å². The van der Waals surface area contributed by atoms with Crippen LogP contribution in [0.25, 0.3) is 0 Å². The second kappa shape index (κ2) is 7.34. The molecule has 3 aliphatic rings. The summed E-state index contributed by atoms with van der Waals surface area (Å²) in [6, 6.07) is 9.89. The number of nitrogens with one attached hydrogen (secondary N) is 1. The molecule has 0 aliphatic carbocycles. The van der Waals surface area contributed by atoms with E-state index in [0.717, 1.165) is 37.4 Å². The lowest BCUT2D eigenvalue weighted by Crippen LogP contribution is -2.61. The predicted octanol–water partition coefficient (Wildman–Crippen LogP) is 2.33. The monoisotopic (exact) mass is 343 g/mol. The van der Waals surface area contributed by atoms with E-state index in [4.69, 9.17) is 4.74 Å². The van der Waals surface area contributed by atoms with Crippen LogP contribution in [0.1, 0.15) is 24.8 Å². The molecule has 3 saturated heterocycles. The highest BCUT2D eigenvalue weighted by Gasteiger charge is 2.45. The normalized spacial score (nSPS) is 25.8. The van der Waals surface area contributed by atoms with Crippen LogP contribution in [0.5, 0.6) is 0 Å². The van der Waals surface area contributed by atoms with Crippen molar-refractivity contribution in [3.63, 3.8) is 0 Å². The van der Waals surface area contributed by atoms with Crippen molar-refractivity contribution in [2.75, 3.05) is 45.8 Å². The van der Waals surface area contributed by atoms with Gasteiger partial charge in [0, 0.05) is 32.7 Å². The van der Waals surface area contributed by atoms with E-state index in [9.17, 15) is 4.79 Å². The van der Waals surface area contributed by atoms with Gasteiger partial charge in [-0.05, 0) is 49.2 Å². The molecule has 3 aliphatic heterocycles. The van der Waals surface area contributed by atoms with Crippen LogP contribution < -0.4 is 5.32 Å². The van der Waals surface area contributed by atoms with Crippen molar-refractivity contribution in [3.05, 3.63) is 35.9 Å². The summed E-state index contributed by atoms with van der Waals surface area (Å²) < 4.78 is 5.47. The molecule has 5 nitrogen and oxygen atoms in total. The molecule has 136 valence electrons. The standard InChI is InChI=1S/C20H29N3O2/c24-19(25-14-17-4-2-1-3-5-17)23-10-7-20(8-11-23)15-22(16-20)13-18-6-9-21-12-18/h1-5,18,21H,6-16H2. The SMILES string of the molecule is O=C(OCc1ccccc1)N1CCC2(CC1)CN(CC1CCNC1)C2. The average molecular weight is 343 g/mol. The first-order chi connectivity index (χ1) is 12.2. The van der Waals surface area contributed by atoms with Gasteiger partial charge in [0.2, 0.25) is 0 Å². The Hall–Kier alpha value is -1.59. The third-order valence-corrected chi connectivity index (χ3v) is 6.08. The number of hydrogen-bond acceptors (Lipinski definition) is 4. The van der Waals surface area contributed by atoms with Crippen molar-refractivity contribution >= 4 is 6.09 Å². The Morgan fingerprint density at radius 2 is 1.96 bits per heavy atom. The molecule has 1 aromatic carbocycles. The molecular weight excluding hydrogens is 314 g/mol. The van der Waals surface area contributed by atoms with Gasteiger partial charge in [-0.2, -0.15) is 0 Å². The Labute approximate surface area is 150 Å². The molecule has 1 amide bonds. The minimum Gasteiger partial charge on any atom is -0.445 e. The van der Waals surface area contributed by atoms with Crippen LogP contribution in [0, 0.1) is 11.3 Å². The summed E-state index contributed by atoms with van der Waals surface area (Å²) in [5, 5.41) is 3.45. The molecule has 1 N–H and O–H groups in total. The van der Waals surface area contributed by atoms with Crippen molar-refractivity contribution < 1.29 is 9.53 Å². The van der Waals surface area contributed by atoms with Gasteiger partial charge in [0.15, 0.2) is 0 Å². The molecule has 5 heteroatoms. The molecule has 0 radical (unpaired) electrons. The fourth-order valence-electron chi connectivity index (χ4n) is 4.56. The highest BCUT2D eigenvalue weighted by atomic mass is 16.6. The maximum Gasteiger partial charge on any atom is 0.410 e. The van der Waals surface area contributed by atoms with E-state index >= 15 is 0 Å². The highest BCUT2D eigenvalue weighted by Crippen LogP contribution is 2.41. The first-order valence-corrected chi connectivity index (χ1v) is 9.61. The number of amides is 1. The topological polar surface area (TPSA) is 44.8 Å². The van der Waals surface area contributed by atoms with E-state index in [0.29, 0.717) is 12.0 Å². The largest absolute Gasteiger partial charge is 0.445 e. The fraction of sp³-hybridized carbons (Fsp3) is 0.650. The Kier molecular flexibility index (Phi) is 4.95. The van der Waals surface area contributed by atoms with Crippen molar-refractivity contribution in [2.24, 2.45) is 11.3 Å². The van der Waals surface area contributed by atoms with Gasteiger partial charge in [-0.25, -0.2) is 4.79 Å². The summed E-state index contributed by atoms with van der Waals surface area (Å²) in [5.74, 6) is 0.838. The zero-order valence-corrected chi connectivity index (χ0v) is 15.0. The van der Waals surface area contributed by atoms with Crippen LogP contribution in [0.4, 0.5) is 4.79 Å². The number of hydrogen-bond donors (Lipinski definition) is 1. The lowest BCUT2D eigenvalue weighted by molar-refractivity contribution is -0.0506. The minimum atomic E-state index is -0.160. The third kappa shape index (κ3) is 3.98. The first-order valence-electron chi connectivity index (χ1n) is 9.61. The van der Waals surface area contributed by atoms with Gasteiger partial charge in [-0.1, -0.05) is 30.3 Å². The van der Waals surface area contributed by atoms with Gasteiger partial charge in [-0.15, -0.1) is 0 Å². The molecule has 4 rings (SSSR count). The molecular formula is C20H29N3O2. The fourth-order valence-corrected chi connectivity index (χ4v) is 4.56. The lowest BCUT2D eigenvalue weighted by Gasteiger charge is -2.54. The van der Waals surface area contributed by atoms with E-state index in [1.807, 2.05) is 35.2 Å². The summed E-state index contributed by atoms with van der Waals surface area (Å²) >= 11 is 0. The Morgan fingerprint density at radius 1 is 1.20 bits per heavy atom. The second-order valence-corrected chi connectivity index (χ2v) is 8.06. The van der Waals surface area contributed by atoms with Crippen LogP contribution in [0.2, 0.25) is 0 Å². The molecule has 1 spiro atoms. The van der Waals surface area contributed by atoms with E-state index in [2.05, 4.69) is 10.2 Å². The first kappa shape index (κ1) is 16.9. The molecule has 25 heavy (non-hydrogen) atoms. The summed E-state index contributed by atoms with van der Waals surface area (Å²) in [6.07, 6.45) is 3.40. The van der Waals surface area contributed by atoms with Crippen molar-refractivity contribution in [2.45, 2.75) is 25.9 Å². The molecule has 3 heterocycles. The molecule has 1 atom stereocenters. The van der Waals surface area contributed by atoms with Crippen LogP contribution in [-0.4, -0.2) is 61.7 Å². The summed E-state index contributed by atoms with van der Waals surface area (Å²) in [7, 11) is 0. The molecule has 0 bridgehead atoms. The summed E-state index contributed by atoms with van der Waals surface area (Å²) in [5.41, 5.74) is 1.50. The van der Waals surface area contributed by atoms with Gasteiger partial charge in [0.1, 0.15) is 6.61 Å². The Bertz CT molecular complexity index is 570. The second-order valence-electron chi connectivity index (χ2n) is 8.06. The number of carbonyl (C=O) groups excluding carboxylic acids is 1. The number of rotatable bonds is 4. The third-order valence-electron chi connectivity index (χ3n) is 6.08. The predicted molar refractivity (Wildman–Crippen MR) is 97.3 cm³/mol. The van der Waals surface area contributed by atoms with Crippen LogP contribution in [0.3, 0.4) is 0 Å². The van der Waals surface area contributed by atoms with Gasteiger partial charge < -0.3 is 19.9 Å². The summed E-state index contributed by atoms with van der Waals surface area (Å²) in [4.78, 5) is 16.8. The lowest BCUT2D eigenvalue weighted by atomic mass is 9.71. The zero-order chi connectivity index (χ0) is 17.1. The van der Waals surface area contributed by atoms with Gasteiger partial charge >= 0.3 is 6.09 Å². The van der Waals surface area contributed by atoms with Crippen LogP contribution in [-0.2, 0) is 11.3 Å². The number of benzene rings is 1. The van der Waals surface area contributed by atoms with E-state index in [1.165, 1.54) is 39.1 Å². The quantitative estimate of drug-likeness (QED) is 0.911. The van der Waals surface area contributed by atoms with Crippen LogP contribution in [0.15, 0.2) is 30.3 Å². The minimum absolute atomic E-state index is 0.160. The Morgan fingerprint density at radius 3 is 2.64 bits per heavy atom. The molecule has 0 saturated carbocycles. The smallest absolute Gasteiger partial charge is 0.410 e. The van der Waals surface area contributed by atoms with Crippen molar-refractivity contribution in [1.82, 2.24) is 15.1 Å². The Balaban J connectivity index is 1.18. The number of piperidine rings is 1. The van der Waals surface area contributed by atoms with E-state index in [-0.39, 0.29) is 6.09 Å². The van der Waals surface area contributed by atoms with Gasteiger partial charge in [0.05, 0.1) is 0 Å². The zero-order valence-electron chi connectivity index (χ0n) is 15.0. The van der Waals surface area contributed by atoms with E-state index in [1.54, 1.807) is 0 Å². The number of carbonyl (C=O) groups is 1. The molecule has 1 aromatic rings. The number of nitrogens with zero attached hydrogens (tertiary/aromatic N) is 2.